The minimum Gasteiger partial charge on any atom is -0.465 e. The molecule has 2 aromatic carbocycles. The van der Waals surface area contributed by atoms with E-state index < -0.39 is 54.3 Å². The molecule has 0 aromatic heterocycles. The van der Waals surface area contributed by atoms with Gasteiger partial charge in [-0.2, -0.15) is 0 Å². The fourth-order valence-corrected chi connectivity index (χ4v) is 6.42. The van der Waals surface area contributed by atoms with E-state index in [0.29, 0.717) is 35.7 Å². The highest BCUT2D eigenvalue weighted by atomic mass is 16.6. The van der Waals surface area contributed by atoms with Crippen molar-refractivity contribution in [1.29, 1.82) is 0 Å². The van der Waals surface area contributed by atoms with Crippen molar-refractivity contribution in [1.82, 2.24) is 14.7 Å². The Morgan fingerprint density at radius 2 is 1.80 bits per heavy atom. The van der Waals surface area contributed by atoms with Gasteiger partial charge in [-0.3, -0.25) is 19.3 Å². The summed E-state index contributed by atoms with van der Waals surface area (Å²) in [6.07, 6.45) is 0.383. The van der Waals surface area contributed by atoms with Crippen LogP contribution in [0, 0.1) is 5.92 Å². The maximum absolute atomic E-state index is 13.8. The van der Waals surface area contributed by atoms with Crippen LogP contribution in [0.1, 0.15) is 63.6 Å². The Morgan fingerprint density at radius 1 is 1.11 bits per heavy atom. The first-order valence-corrected chi connectivity index (χ1v) is 15.2. The van der Waals surface area contributed by atoms with Crippen molar-refractivity contribution in [3.8, 4) is 0 Å². The summed E-state index contributed by atoms with van der Waals surface area (Å²) < 4.78 is 5.73. The summed E-state index contributed by atoms with van der Waals surface area (Å²) in [5.74, 6) is -1.26. The Kier molecular flexibility index (Phi) is 8.63. The number of aliphatic hydroxyl groups is 1. The number of carboxylic acid groups (broad SMARTS) is 1. The predicted octanol–water partition coefficient (Wildman–Crippen LogP) is 3.71. The van der Waals surface area contributed by atoms with Crippen LogP contribution in [0.3, 0.4) is 0 Å². The number of carbonyl (C=O) groups excluding carboxylic acids is 4. The molecule has 3 aliphatic rings. The first kappa shape index (κ1) is 32.0. The SMILES string of the molecule is C[C@@H](C1CC1)N(Cc1ccccc1)C(=O)CN1C(=O)OC2(CCc3cc(NC(=O)C(CO)N(C(=O)O)C(C)(C)C)ccc32)C1=O. The Morgan fingerprint density at radius 3 is 2.40 bits per heavy atom. The minimum absolute atomic E-state index is 0.0439. The summed E-state index contributed by atoms with van der Waals surface area (Å²) in [6, 6.07) is 13.0. The van der Waals surface area contributed by atoms with Crippen LogP contribution in [0.5, 0.6) is 0 Å². The molecule has 5 amide bonds. The second kappa shape index (κ2) is 12.2. The molecule has 12 heteroatoms. The number of nitrogens with zero attached hydrogens (tertiary/aromatic N) is 3. The smallest absolute Gasteiger partial charge is 0.418 e. The molecule has 2 aromatic rings. The van der Waals surface area contributed by atoms with Crippen molar-refractivity contribution in [2.75, 3.05) is 18.5 Å². The zero-order valence-electron chi connectivity index (χ0n) is 26.0. The zero-order valence-corrected chi connectivity index (χ0v) is 26.0. The van der Waals surface area contributed by atoms with Gasteiger partial charge in [0.1, 0.15) is 12.6 Å². The third-order valence-electron chi connectivity index (χ3n) is 8.95. The summed E-state index contributed by atoms with van der Waals surface area (Å²) in [4.78, 5) is 69.0. The number of rotatable bonds is 10. The fraction of sp³-hybridized carbons (Fsp3) is 0.485. The molecule has 1 spiro atoms. The van der Waals surface area contributed by atoms with Gasteiger partial charge in [-0.05, 0) is 76.1 Å². The third-order valence-corrected chi connectivity index (χ3v) is 8.95. The molecule has 12 nitrogen and oxygen atoms in total. The van der Waals surface area contributed by atoms with Crippen LogP contribution < -0.4 is 5.32 Å². The van der Waals surface area contributed by atoms with Crippen LogP contribution in [-0.4, -0.2) is 85.6 Å². The van der Waals surface area contributed by atoms with E-state index in [9.17, 15) is 34.2 Å². The van der Waals surface area contributed by atoms with Gasteiger partial charge in [0.25, 0.3) is 5.91 Å². The van der Waals surface area contributed by atoms with Crippen molar-refractivity contribution < 1.29 is 38.9 Å². The third kappa shape index (κ3) is 6.24. The first-order chi connectivity index (χ1) is 21.3. The van der Waals surface area contributed by atoms with Crippen LogP contribution in [0.15, 0.2) is 48.5 Å². The number of amides is 5. The first-order valence-electron chi connectivity index (χ1n) is 15.2. The van der Waals surface area contributed by atoms with Crippen LogP contribution >= 0.6 is 0 Å². The number of benzene rings is 2. The van der Waals surface area contributed by atoms with Crippen molar-refractivity contribution in [2.24, 2.45) is 5.92 Å². The normalized spacial score (nSPS) is 20.4. The topological polar surface area (TPSA) is 157 Å². The molecule has 45 heavy (non-hydrogen) atoms. The average molecular weight is 621 g/mol. The summed E-state index contributed by atoms with van der Waals surface area (Å²) in [6.45, 7) is 6.09. The van der Waals surface area contributed by atoms with Gasteiger partial charge in [0.15, 0.2) is 0 Å². The fourth-order valence-electron chi connectivity index (χ4n) is 6.42. The number of anilines is 1. The Balaban J connectivity index is 1.32. The van der Waals surface area contributed by atoms with Crippen LogP contribution in [-0.2, 0) is 37.7 Å². The number of aliphatic hydroxyl groups excluding tert-OH is 1. The largest absolute Gasteiger partial charge is 0.465 e. The van der Waals surface area contributed by atoms with Gasteiger partial charge in [-0.1, -0.05) is 36.4 Å². The highest BCUT2D eigenvalue weighted by molar-refractivity contribution is 6.06. The number of ether oxygens (including phenoxy) is 1. The minimum atomic E-state index is -1.57. The van der Waals surface area contributed by atoms with E-state index in [1.165, 1.54) is 6.07 Å². The number of imide groups is 1. The number of carbonyl (C=O) groups is 5. The van der Waals surface area contributed by atoms with E-state index in [0.717, 1.165) is 28.2 Å². The Bertz CT molecular complexity index is 1500. The summed E-state index contributed by atoms with van der Waals surface area (Å²) in [5.41, 5.74) is -0.0831. The molecule has 5 rings (SSSR count). The lowest BCUT2D eigenvalue weighted by Crippen LogP contribution is -2.57. The van der Waals surface area contributed by atoms with Crippen molar-refractivity contribution in [3.05, 3.63) is 65.2 Å². The van der Waals surface area contributed by atoms with E-state index in [1.54, 1.807) is 37.8 Å². The summed E-state index contributed by atoms with van der Waals surface area (Å²) in [7, 11) is 0. The zero-order chi connectivity index (χ0) is 32.7. The van der Waals surface area contributed by atoms with Gasteiger partial charge < -0.3 is 25.2 Å². The van der Waals surface area contributed by atoms with E-state index in [4.69, 9.17) is 4.74 Å². The van der Waals surface area contributed by atoms with Gasteiger partial charge in [-0.15, -0.1) is 0 Å². The highest BCUT2D eigenvalue weighted by Crippen LogP contribution is 2.46. The van der Waals surface area contributed by atoms with Crippen LogP contribution in [0.4, 0.5) is 15.3 Å². The molecule has 240 valence electrons. The number of hydrogen-bond acceptors (Lipinski definition) is 7. The van der Waals surface area contributed by atoms with E-state index in [1.807, 2.05) is 37.3 Å². The van der Waals surface area contributed by atoms with Crippen molar-refractivity contribution in [2.45, 2.75) is 83.1 Å². The van der Waals surface area contributed by atoms with Crippen LogP contribution in [0.2, 0.25) is 0 Å². The quantitative estimate of drug-likeness (QED) is 0.363. The lowest BCUT2D eigenvalue weighted by molar-refractivity contribution is -0.143. The molecule has 2 unspecified atom stereocenters. The molecular weight excluding hydrogens is 580 g/mol. The number of fused-ring (bicyclic) bond motifs is 2. The Labute approximate surface area is 261 Å². The van der Waals surface area contributed by atoms with Gasteiger partial charge in [-0.25, -0.2) is 14.5 Å². The number of aryl methyl sites for hydroxylation is 1. The standard InChI is InChI=1S/C33H40N4O8/c1-20(22-10-11-22)35(17-21-8-6-5-7-9-21)27(39)18-36-29(41)33(45-31(36)44)15-14-23-16-24(12-13-25(23)33)34-28(40)26(19-38)37(30(42)43)32(2,3)4/h5-9,12-13,16,20,22,26,38H,10-11,14-15,17-19H2,1-4H3,(H,34,40)(H,42,43)/t20-,26?,33?/m0/s1. The van der Waals surface area contributed by atoms with Crippen molar-refractivity contribution in [3.63, 3.8) is 0 Å². The predicted molar refractivity (Wildman–Crippen MR) is 163 cm³/mol. The van der Waals surface area contributed by atoms with E-state index >= 15 is 0 Å². The second-order valence-electron chi connectivity index (χ2n) is 13.1. The molecule has 1 heterocycles. The molecule has 1 saturated heterocycles. The molecule has 2 fully saturated rings. The summed E-state index contributed by atoms with van der Waals surface area (Å²) in [5, 5.41) is 22.2. The Hall–Kier alpha value is -4.45. The molecule has 1 saturated carbocycles. The average Bonchev–Trinajstić information content (AvgIpc) is 3.74. The molecule has 3 N–H and O–H groups in total. The van der Waals surface area contributed by atoms with Crippen LogP contribution in [0.25, 0.3) is 0 Å². The lowest BCUT2D eigenvalue weighted by atomic mass is 9.94. The van der Waals surface area contributed by atoms with E-state index in [-0.39, 0.29) is 18.4 Å². The van der Waals surface area contributed by atoms with E-state index in [2.05, 4.69) is 5.32 Å². The molecule has 3 atom stereocenters. The molecule has 2 aliphatic carbocycles. The molecule has 1 aliphatic heterocycles. The van der Waals surface area contributed by atoms with Crippen molar-refractivity contribution >= 4 is 35.6 Å². The second-order valence-corrected chi connectivity index (χ2v) is 13.1. The summed E-state index contributed by atoms with van der Waals surface area (Å²) >= 11 is 0. The number of nitrogens with one attached hydrogen (secondary N) is 1. The maximum Gasteiger partial charge on any atom is 0.418 e. The maximum atomic E-state index is 13.8. The molecule has 0 bridgehead atoms. The molecule has 0 radical (unpaired) electrons. The van der Waals surface area contributed by atoms with Gasteiger partial charge >= 0.3 is 12.2 Å². The monoisotopic (exact) mass is 620 g/mol. The van der Waals surface area contributed by atoms with Gasteiger partial charge in [0, 0.05) is 35.8 Å². The van der Waals surface area contributed by atoms with Gasteiger partial charge in [0.2, 0.25) is 17.4 Å². The molecular formula is C33H40N4O8. The lowest BCUT2D eigenvalue weighted by Gasteiger charge is -2.37. The highest BCUT2D eigenvalue weighted by Gasteiger charge is 2.58. The van der Waals surface area contributed by atoms with Gasteiger partial charge in [0.05, 0.1) is 6.61 Å². The number of hydrogen-bond donors (Lipinski definition) is 3.